The van der Waals surface area contributed by atoms with E-state index in [-0.39, 0.29) is 26.8 Å². The summed E-state index contributed by atoms with van der Waals surface area (Å²) in [6.07, 6.45) is 17.7. The molecule has 17 heteroatoms. The number of phenolic OH excluding ortho intramolecular Hbond substituents is 1. The van der Waals surface area contributed by atoms with Gasteiger partial charge in [0.05, 0.1) is 38.7 Å². The molecule has 12 aromatic heterocycles. The minimum atomic E-state index is 0. The molecule has 1 N–H and O–H groups in total. The molecule has 0 fully saturated rings. The van der Waals surface area contributed by atoms with Crippen LogP contribution in [-0.2, 0) is 59.6 Å². The molecule has 0 atom stereocenters. The van der Waals surface area contributed by atoms with E-state index in [1.165, 1.54) is 155 Å². The molecule has 27 aromatic rings. The van der Waals surface area contributed by atoms with Crippen molar-refractivity contribution >= 4 is 163 Å². The number of benzene rings is 15. The van der Waals surface area contributed by atoms with Crippen LogP contribution in [0.2, 0.25) is 0 Å². The van der Waals surface area contributed by atoms with Gasteiger partial charge in [-0.05, 0) is 290 Å². The van der Waals surface area contributed by atoms with Crippen molar-refractivity contribution in [2.75, 3.05) is 0 Å². The van der Waals surface area contributed by atoms with Gasteiger partial charge in [-0.2, -0.15) is 6.07 Å². The number of aromatic hydroxyl groups is 1. The Morgan fingerprint density at radius 1 is 0.288 bits per heavy atom. The number of halogens is 1. The standard InChI is InChI=1S/C43H32N4O.C43H30N4O.C23H16N2O.C20H17BrN2.Pt/c2*1-26(2)28-18-19-44-41(22-28)47-39-11-7-6-10-35(39)36-17-15-33(24-40(36)47)48-32-14-16-34-37-21-30(27-8-4-3-5-9-27)20-29-12-13-31-25-45-43(38(34)23-32)46(31)42(29)37;26-18-8-9-19-20-11-16(14-4-2-1-3-5-14)10-15-6-7-17-13-24-23(21(19)12-18)25(17)22(15)20;1-13(2)14-9-10-22-20(11-14)23-18-6-4-3-5-16(18)17-8-7-15(21)12-19(17)23;/h3-11,14-26H,12-13H2,1-2H3;3-11,14-22,25-26H,12-13H2,1-2H3;1-5,8-13,26H,6-7H2;3-13H,1-2H3;/q;-2;;;+2. The Labute approximate surface area is 864 Å². The van der Waals surface area contributed by atoms with E-state index in [9.17, 15) is 5.11 Å². The number of ether oxygens (including phenoxy) is 2. The number of pyridine rings is 6. The van der Waals surface area contributed by atoms with Crippen LogP contribution in [0.4, 0.5) is 0 Å². The minimum Gasteiger partial charge on any atom is -0.508 e. The van der Waals surface area contributed by atoms with Crippen molar-refractivity contribution in [3.05, 3.63) is 438 Å². The van der Waals surface area contributed by atoms with Crippen LogP contribution in [-0.4, -0.2) is 61.9 Å². The maximum absolute atomic E-state index is 10.0. The van der Waals surface area contributed by atoms with Gasteiger partial charge in [0.2, 0.25) is 0 Å². The zero-order valence-electron chi connectivity index (χ0n) is 81.0. The van der Waals surface area contributed by atoms with E-state index in [0.717, 1.165) is 149 Å². The van der Waals surface area contributed by atoms with E-state index in [1.807, 2.05) is 67.5 Å². The molecule has 15 heterocycles. The average Bonchev–Trinajstić information content (AvgIpc) is 1.45. The average molecular weight is 2140 g/mol. The maximum Gasteiger partial charge on any atom is 2.00 e. The zero-order valence-corrected chi connectivity index (χ0v) is 84.9. The fraction of sp³-hybridized carbons (Fsp3) is 0.116. The van der Waals surface area contributed by atoms with Gasteiger partial charge in [0, 0.05) is 130 Å². The van der Waals surface area contributed by atoms with Gasteiger partial charge in [0.15, 0.2) is 0 Å². The van der Waals surface area contributed by atoms with E-state index < -0.39 is 0 Å². The smallest absolute Gasteiger partial charge is 0.508 e. The number of rotatable bonds is 13. The van der Waals surface area contributed by atoms with Crippen LogP contribution >= 0.6 is 15.9 Å². The van der Waals surface area contributed by atoms with Crippen molar-refractivity contribution in [3.8, 4) is 79.6 Å². The topological polar surface area (TPSA) is 144 Å². The molecule has 0 bridgehead atoms. The van der Waals surface area contributed by atoms with Crippen molar-refractivity contribution in [2.45, 2.75) is 97.8 Å². The van der Waals surface area contributed by atoms with Gasteiger partial charge in [0.25, 0.3) is 0 Å². The second-order valence-electron chi connectivity index (χ2n) is 39.5. The van der Waals surface area contributed by atoms with Crippen LogP contribution in [0.25, 0.3) is 198 Å². The number of fused-ring (bicyclic) bond motifs is 18. The molecule has 0 saturated heterocycles. The summed E-state index contributed by atoms with van der Waals surface area (Å²) < 4.78 is 28.0. The molecule has 0 saturated carbocycles. The van der Waals surface area contributed by atoms with Crippen LogP contribution in [0, 0.1) is 12.1 Å². The third kappa shape index (κ3) is 15.1. The van der Waals surface area contributed by atoms with Crippen LogP contribution in [0.5, 0.6) is 28.7 Å². The molecule has 706 valence electrons. The Kier molecular flexibility index (Phi) is 22.1. The SMILES string of the molecule is CC(C)c1ccnc(-n2c3[c-]c(Oc4[c-]c5c(cc4)c4cc(-c6ccccc6)cc6c4n4c(cnc54)CC6)ccc3c3ccccc32)c1.CC(C)c1ccnc(-n2c3ccccc3c3ccc(Br)cc32)c1.CC(C)c1ccnc(-n2c3ccccc3c3ccc(Oc4ccc5c(c4)c4ncc6n4c4c(cc(-c7ccccc7)cc54)CC6)cc32)c1.Oc1ccc2c(c1)c1ncc3n1c1c(cc(-c4ccccc4)cc21)CC3.[Pt+2]. The van der Waals surface area contributed by atoms with E-state index in [1.54, 1.807) is 6.07 Å². The molecule has 146 heavy (non-hydrogen) atoms. The monoisotopic (exact) mass is 2130 g/mol. The van der Waals surface area contributed by atoms with Crippen LogP contribution in [0.1, 0.15) is 110 Å². The number of aromatic nitrogens is 12. The second kappa shape index (κ2) is 36.0. The normalized spacial score (nSPS) is 12.6. The molecule has 0 spiro atoms. The third-order valence-electron chi connectivity index (χ3n) is 29.8. The van der Waals surface area contributed by atoms with Crippen LogP contribution in [0.3, 0.4) is 0 Å². The molecule has 15 aromatic carbocycles. The Morgan fingerprint density at radius 3 is 1.16 bits per heavy atom. The fourth-order valence-electron chi connectivity index (χ4n) is 22.8. The van der Waals surface area contributed by atoms with Crippen molar-refractivity contribution in [2.24, 2.45) is 0 Å². The largest absolute Gasteiger partial charge is 2.00 e. The summed E-state index contributed by atoms with van der Waals surface area (Å²) in [5.41, 5.74) is 32.3. The first-order valence-electron chi connectivity index (χ1n) is 50.0. The maximum atomic E-state index is 10.0. The molecular formula is C129H95BrN12O3Pt. The number of imidazole rings is 3. The van der Waals surface area contributed by atoms with E-state index in [2.05, 4.69) is 404 Å². The predicted octanol–water partition coefficient (Wildman–Crippen LogP) is 32.4. The number of aryl methyl sites for hydroxylation is 6. The van der Waals surface area contributed by atoms with Gasteiger partial charge in [-0.1, -0.05) is 238 Å². The molecule has 15 nitrogen and oxygen atoms in total. The van der Waals surface area contributed by atoms with E-state index in [4.69, 9.17) is 29.4 Å². The minimum absolute atomic E-state index is 0. The summed E-state index contributed by atoms with van der Waals surface area (Å²) in [5.74, 6) is 7.14. The van der Waals surface area contributed by atoms with E-state index in [0.29, 0.717) is 29.3 Å². The van der Waals surface area contributed by atoms with Gasteiger partial charge in [-0.3, -0.25) is 22.9 Å². The molecule has 3 aliphatic rings. The molecule has 0 aliphatic carbocycles. The summed E-state index contributed by atoms with van der Waals surface area (Å²) in [6.45, 7) is 13.3. The first-order chi connectivity index (χ1) is 71.1. The van der Waals surface area contributed by atoms with Gasteiger partial charge in [0.1, 0.15) is 46.0 Å². The van der Waals surface area contributed by atoms with Crippen molar-refractivity contribution in [3.63, 3.8) is 0 Å². The molecule has 30 rings (SSSR count). The molecule has 0 radical (unpaired) electrons. The van der Waals surface area contributed by atoms with Crippen molar-refractivity contribution in [1.29, 1.82) is 0 Å². The Bertz CT molecular complexity index is 9630. The number of hydrogen-bond donors (Lipinski definition) is 1. The van der Waals surface area contributed by atoms with Gasteiger partial charge >= 0.3 is 21.1 Å². The van der Waals surface area contributed by atoms with Crippen molar-refractivity contribution < 1.29 is 35.6 Å². The molecular weight excluding hydrogens is 2040 g/mol. The van der Waals surface area contributed by atoms with Crippen molar-refractivity contribution in [1.82, 2.24) is 56.8 Å². The molecule has 0 unspecified atom stereocenters. The van der Waals surface area contributed by atoms with Gasteiger partial charge in [-0.15, -0.1) is 29.7 Å². The molecule has 3 aliphatic heterocycles. The summed E-state index contributed by atoms with van der Waals surface area (Å²) in [4.78, 5) is 28.8. The summed E-state index contributed by atoms with van der Waals surface area (Å²) >= 11 is 3.60. The first kappa shape index (κ1) is 89.4. The van der Waals surface area contributed by atoms with Crippen LogP contribution < -0.4 is 9.47 Å². The van der Waals surface area contributed by atoms with Gasteiger partial charge < -0.3 is 23.5 Å². The zero-order chi connectivity index (χ0) is 97.1. The second-order valence-corrected chi connectivity index (χ2v) is 40.4. The number of phenols is 1. The number of nitrogens with zero attached hydrogens (tertiary/aromatic N) is 12. The van der Waals surface area contributed by atoms with Crippen LogP contribution in [0.15, 0.2) is 375 Å². The first-order valence-corrected chi connectivity index (χ1v) is 50.8. The number of para-hydroxylation sites is 3. The summed E-state index contributed by atoms with van der Waals surface area (Å²) in [6, 6.07) is 125. The summed E-state index contributed by atoms with van der Waals surface area (Å²) in [5, 5.41) is 27.4. The third-order valence-corrected chi connectivity index (χ3v) is 30.3. The summed E-state index contributed by atoms with van der Waals surface area (Å²) in [7, 11) is 0. The Hall–Kier alpha value is -16.7. The predicted molar refractivity (Wildman–Crippen MR) is 594 cm³/mol. The van der Waals surface area contributed by atoms with E-state index >= 15 is 0 Å². The number of hydrogen-bond acceptors (Lipinski definition) is 9. The molecule has 0 amide bonds. The fourth-order valence-corrected chi connectivity index (χ4v) is 23.1. The van der Waals surface area contributed by atoms with Gasteiger partial charge in [-0.25, -0.2) is 24.9 Å². The quantitative estimate of drug-likeness (QED) is 0.0881. The Morgan fingerprint density at radius 2 is 0.664 bits per heavy atom. The Balaban J connectivity index is 0.000000103.